The third kappa shape index (κ3) is 6.36. The van der Waals surface area contributed by atoms with Crippen molar-refractivity contribution < 1.29 is 32.2 Å². The van der Waals surface area contributed by atoms with E-state index in [0.717, 1.165) is 12.3 Å². The second-order valence-electron chi connectivity index (χ2n) is 5.47. The average Bonchev–Trinajstić information content (AvgIpc) is 2.59. The minimum absolute atomic E-state index is 0.0192. The Balaban J connectivity index is 2.91. The van der Waals surface area contributed by atoms with E-state index in [1.165, 1.54) is 7.11 Å². The van der Waals surface area contributed by atoms with Crippen LogP contribution in [0, 0.1) is 5.92 Å². The minimum Gasteiger partial charge on any atom is -0.467 e. The standard InChI is InChI=1S/C16H20ClF3N2O4/c1-4-9(5-2)12(15(24)25-3)22-13(23)10-6-11(17)14(21-7-10)26-8-16(18,19)20/h6-7,9,12H,4-5,8H2,1-3H3,(H,22,23)/t12-/m1/s1. The van der Waals surface area contributed by atoms with Crippen molar-refractivity contribution >= 4 is 23.5 Å². The second-order valence-corrected chi connectivity index (χ2v) is 5.87. The number of carbonyl (C=O) groups is 2. The number of ether oxygens (including phenoxy) is 2. The number of amides is 1. The molecule has 6 nitrogen and oxygen atoms in total. The molecule has 1 rings (SSSR count). The molecule has 26 heavy (non-hydrogen) atoms. The first-order valence-electron chi connectivity index (χ1n) is 7.86. The van der Waals surface area contributed by atoms with Crippen molar-refractivity contribution in [1.29, 1.82) is 0 Å². The Morgan fingerprint density at radius 1 is 1.31 bits per heavy atom. The number of nitrogens with zero attached hydrogens (tertiary/aromatic N) is 1. The fourth-order valence-electron chi connectivity index (χ4n) is 2.29. The first-order valence-corrected chi connectivity index (χ1v) is 8.24. The summed E-state index contributed by atoms with van der Waals surface area (Å²) in [5.74, 6) is -1.81. The number of carbonyl (C=O) groups excluding carboxylic acids is 2. The zero-order valence-electron chi connectivity index (χ0n) is 14.5. The van der Waals surface area contributed by atoms with E-state index in [1.807, 2.05) is 13.8 Å². The monoisotopic (exact) mass is 396 g/mol. The van der Waals surface area contributed by atoms with Crippen molar-refractivity contribution in [3.05, 3.63) is 22.8 Å². The fourth-order valence-corrected chi connectivity index (χ4v) is 2.51. The molecular weight excluding hydrogens is 377 g/mol. The zero-order chi connectivity index (χ0) is 19.9. The van der Waals surface area contributed by atoms with Crippen molar-refractivity contribution in [3.63, 3.8) is 0 Å². The summed E-state index contributed by atoms with van der Waals surface area (Å²) in [5, 5.41) is 2.31. The van der Waals surface area contributed by atoms with Gasteiger partial charge in [-0.3, -0.25) is 4.79 Å². The molecule has 0 aliphatic rings. The number of alkyl halides is 3. The lowest BCUT2D eigenvalue weighted by Crippen LogP contribution is -2.46. The molecule has 0 saturated heterocycles. The minimum atomic E-state index is -4.54. The Morgan fingerprint density at radius 3 is 2.38 bits per heavy atom. The fraction of sp³-hybridized carbons (Fsp3) is 0.562. The number of hydrogen-bond donors (Lipinski definition) is 1. The van der Waals surface area contributed by atoms with E-state index in [-0.39, 0.29) is 16.5 Å². The molecule has 0 fully saturated rings. The lowest BCUT2D eigenvalue weighted by atomic mass is 9.94. The quantitative estimate of drug-likeness (QED) is 0.681. The molecule has 0 aromatic carbocycles. The van der Waals surface area contributed by atoms with Gasteiger partial charge in [0.05, 0.1) is 12.7 Å². The highest BCUT2D eigenvalue weighted by Gasteiger charge is 2.30. The lowest BCUT2D eigenvalue weighted by molar-refractivity contribution is -0.154. The highest BCUT2D eigenvalue weighted by atomic mass is 35.5. The summed E-state index contributed by atoms with van der Waals surface area (Å²) < 4.78 is 45.7. The molecule has 1 aromatic rings. The highest BCUT2D eigenvalue weighted by molar-refractivity contribution is 6.32. The summed E-state index contributed by atoms with van der Waals surface area (Å²) in [7, 11) is 1.22. The van der Waals surface area contributed by atoms with Gasteiger partial charge in [-0.25, -0.2) is 9.78 Å². The third-order valence-corrected chi connectivity index (χ3v) is 3.97. The van der Waals surface area contributed by atoms with Crippen LogP contribution in [0.25, 0.3) is 0 Å². The van der Waals surface area contributed by atoms with Crippen LogP contribution < -0.4 is 10.1 Å². The number of nitrogens with one attached hydrogen (secondary N) is 1. The van der Waals surface area contributed by atoms with Crippen molar-refractivity contribution in [2.45, 2.75) is 38.9 Å². The first kappa shape index (κ1) is 22.0. The van der Waals surface area contributed by atoms with Crippen molar-refractivity contribution in [2.75, 3.05) is 13.7 Å². The molecule has 1 amide bonds. The summed E-state index contributed by atoms with van der Waals surface area (Å²) >= 11 is 5.82. The van der Waals surface area contributed by atoms with Crippen molar-refractivity contribution in [3.8, 4) is 5.88 Å². The highest BCUT2D eigenvalue weighted by Crippen LogP contribution is 2.25. The predicted molar refractivity (Wildman–Crippen MR) is 88.1 cm³/mol. The molecule has 0 bridgehead atoms. The van der Waals surface area contributed by atoms with Gasteiger partial charge in [-0.05, 0) is 12.0 Å². The molecule has 1 atom stereocenters. The maximum atomic E-state index is 12.4. The SMILES string of the molecule is CCC(CC)[C@@H](NC(=O)c1cnc(OCC(F)(F)F)c(Cl)c1)C(=O)OC. The number of esters is 1. The summed E-state index contributed by atoms with van der Waals surface area (Å²) in [5.41, 5.74) is -0.0192. The van der Waals surface area contributed by atoms with Gasteiger partial charge in [0, 0.05) is 6.20 Å². The van der Waals surface area contributed by atoms with E-state index in [0.29, 0.717) is 12.8 Å². The largest absolute Gasteiger partial charge is 0.467 e. The van der Waals surface area contributed by atoms with E-state index in [1.54, 1.807) is 0 Å². The molecule has 1 heterocycles. The average molecular weight is 397 g/mol. The van der Waals surface area contributed by atoms with Crippen LogP contribution in [0.4, 0.5) is 13.2 Å². The molecule has 0 unspecified atom stereocenters. The topological polar surface area (TPSA) is 77.5 Å². The normalized spacial score (nSPS) is 12.6. The van der Waals surface area contributed by atoms with E-state index in [4.69, 9.17) is 16.3 Å². The Bertz CT molecular complexity index is 636. The van der Waals surface area contributed by atoms with Crippen LogP contribution in [0.2, 0.25) is 5.02 Å². The molecule has 1 N–H and O–H groups in total. The molecule has 0 aliphatic carbocycles. The van der Waals surface area contributed by atoms with E-state index < -0.39 is 36.6 Å². The number of methoxy groups -OCH3 is 1. The summed E-state index contributed by atoms with van der Waals surface area (Å²) in [6.45, 7) is 2.20. The predicted octanol–water partition coefficient (Wildman–Crippen LogP) is 3.38. The van der Waals surface area contributed by atoms with Crippen LogP contribution in [0.5, 0.6) is 5.88 Å². The van der Waals surface area contributed by atoms with Crippen LogP contribution >= 0.6 is 11.6 Å². The molecule has 1 aromatic heterocycles. The molecule has 10 heteroatoms. The van der Waals surface area contributed by atoms with Crippen LogP contribution in [0.1, 0.15) is 37.0 Å². The van der Waals surface area contributed by atoms with Gasteiger partial charge in [0.15, 0.2) is 6.61 Å². The summed E-state index contributed by atoms with van der Waals surface area (Å²) in [6.07, 6.45) is -2.24. The number of halogens is 4. The Hall–Kier alpha value is -2.03. The lowest BCUT2D eigenvalue weighted by Gasteiger charge is -2.24. The summed E-state index contributed by atoms with van der Waals surface area (Å²) in [6, 6.07) is 0.263. The van der Waals surface area contributed by atoms with E-state index >= 15 is 0 Å². The van der Waals surface area contributed by atoms with Crippen molar-refractivity contribution in [1.82, 2.24) is 10.3 Å². The van der Waals surface area contributed by atoms with Crippen LogP contribution in [-0.4, -0.2) is 42.8 Å². The Kier molecular flexibility index (Phi) is 8.13. The number of rotatable bonds is 8. The smallest absolute Gasteiger partial charge is 0.422 e. The van der Waals surface area contributed by atoms with Crippen LogP contribution in [-0.2, 0) is 9.53 Å². The van der Waals surface area contributed by atoms with Crippen molar-refractivity contribution in [2.24, 2.45) is 5.92 Å². The van der Waals surface area contributed by atoms with Crippen LogP contribution in [0.15, 0.2) is 12.3 Å². The number of hydrogen-bond acceptors (Lipinski definition) is 5. The molecule has 146 valence electrons. The van der Waals surface area contributed by atoms with Gasteiger partial charge in [-0.15, -0.1) is 0 Å². The van der Waals surface area contributed by atoms with Gasteiger partial charge in [0.1, 0.15) is 11.1 Å². The first-order chi connectivity index (χ1) is 12.1. The zero-order valence-corrected chi connectivity index (χ0v) is 15.3. The third-order valence-electron chi connectivity index (χ3n) is 3.70. The second kappa shape index (κ2) is 9.61. The van der Waals surface area contributed by atoms with Gasteiger partial charge < -0.3 is 14.8 Å². The van der Waals surface area contributed by atoms with Gasteiger partial charge in [0.2, 0.25) is 5.88 Å². The van der Waals surface area contributed by atoms with Gasteiger partial charge in [-0.2, -0.15) is 13.2 Å². The number of aromatic nitrogens is 1. The number of pyridine rings is 1. The van der Waals surface area contributed by atoms with Gasteiger partial charge in [0.25, 0.3) is 5.91 Å². The summed E-state index contributed by atoms with van der Waals surface area (Å²) in [4.78, 5) is 27.9. The Labute approximate surface area is 154 Å². The Morgan fingerprint density at radius 2 is 1.92 bits per heavy atom. The molecule has 0 aliphatic heterocycles. The van der Waals surface area contributed by atoms with E-state index in [9.17, 15) is 22.8 Å². The maximum absolute atomic E-state index is 12.4. The van der Waals surface area contributed by atoms with Crippen LogP contribution in [0.3, 0.4) is 0 Å². The molecule has 0 saturated carbocycles. The van der Waals surface area contributed by atoms with E-state index in [2.05, 4.69) is 15.0 Å². The molecular formula is C16H20ClF3N2O4. The van der Waals surface area contributed by atoms with Gasteiger partial charge in [-0.1, -0.05) is 38.3 Å². The molecule has 0 radical (unpaired) electrons. The molecule has 0 spiro atoms. The maximum Gasteiger partial charge on any atom is 0.422 e. The van der Waals surface area contributed by atoms with Gasteiger partial charge >= 0.3 is 12.1 Å².